The molecule has 2 aliphatic heterocycles. The van der Waals surface area contributed by atoms with Gasteiger partial charge < -0.3 is 19.5 Å². The molecule has 3 heterocycles. The van der Waals surface area contributed by atoms with Crippen molar-refractivity contribution in [3.8, 4) is 11.3 Å². The fraction of sp³-hybridized carbons (Fsp3) is 0.483. The highest BCUT2D eigenvalue weighted by Gasteiger charge is 2.31. The van der Waals surface area contributed by atoms with Gasteiger partial charge in [0.25, 0.3) is 0 Å². The largest absolute Gasteiger partial charge is 0.478 e. The lowest BCUT2D eigenvalue weighted by molar-refractivity contribution is 0.0697. The first-order chi connectivity index (χ1) is 16.7. The van der Waals surface area contributed by atoms with E-state index in [2.05, 4.69) is 44.7 Å². The van der Waals surface area contributed by atoms with Crippen LogP contribution < -0.4 is 4.90 Å². The number of anilines is 1. The molecule has 0 atom stereocenters. The van der Waals surface area contributed by atoms with Crippen molar-refractivity contribution in [3.05, 3.63) is 53.6 Å². The lowest BCUT2D eigenvalue weighted by atomic mass is 9.91. The molecule has 6 rings (SSSR count). The van der Waals surface area contributed by atoms with Crippen LogP contribution in [0.3, 0.4) is 0 Å². The minimum atomic E-state index is -0.850. The van der Waals surface area contributed by atoms with E-state index in [-0.39, 0.29) is 0 Å². The van der Waals surface area contributed by atoms with Crippen LogP contribution in [0.2, 0.25) is 0 Å². The summed E-state index contributed by atoms with van der Waals surface area (Å²) in [5.41, 5.74) is 6.90. The fourth-order valence-corrected chi connectivity index (χ4v) is 6.63. The average molecular weight is 458 g/mol. The maximum absolute atomic E-state index is 11.8. The molecule has 0 spiro atoms. The summed E-state index contributed by atoms with van der Waals surface area (Å²) in [4.78, 5) is 17.0. The zero-order valence-electron chi connectivity index (χ0n) is 20.0. The van der Waals surface area contributed by atoms with Gasteiger partial charge in [0.15, 0.2) is 0 Å². The number of nitrogens with zero attached hydrogens (tertiary/aromatic N) is 3. The second kappa shape index (κ2) is 9.10. The number of piperidine rings is 1. The summed E-state index contributed by atoms with van der Waals surface area (Å²) < 4.78 is 2.44. The number of aromatic nitrogens is 1. The van der Waals surface area contributed by atoms with E-state index in [9.17, 15) is 9.90 Å². The maximum atomic E-state index is 11.8. The Hall–Kier alpha value is -2.79. The molecular weight excluding hydrogens is 422 g/mol. The zero-order valence-corrected chi connectivity index (χ0v) is 20.0. The van der Waals surface area contributed by atoms with Gasteiger partial charge in [-0.2, -0.15) is 0 Å². The number of hydrogen-bond donors (Lipinski definition) is 1. The Morgan fingerprint density at radius 1 is 0.882 bits per heavy atom. The smallest absolute Gasteiger partial charge is 0.335 e. The van der Waals surface area contributed by atoms with Gasteiger partial charge in [-0.25, -0.2) is 4.79 Å². The Balaban J connectivity index is 1.46. The number of benzene rings is 2. The Morgan fingerprint density at radius 2 is 1.68 bits per heavy atom. The van der Waals surface area contributed by atoms with Crippen LogP contribution in [0.25, 0.3) is 22.2 Å². The molecule has 1 aromatic heterocycles. The average Bonchev–Trinajstić information content (AvgIpc) is 3.47. The third-order valence-corrected chi connectivity index (χ3v) is 8.34. The van der Waals surface area contributed by atoms with E-state index in [1.165, 1.54) is 85.9 Å². The Bertz CT molecular complexity index is 1200. The van der Waals surface area contributed by atoms with Crippen molar-refractivity contribution in [1.82, 2.24) is 9.47 Å². The van der Waals surface area contributed by atoms with Crippen LogP contribution in [0.5, 0.6) is 0 Å². The molecular formula is C29H35N3O2. The summed E-state index contributed by atoms with van der Waals surface area (Å²) in [6.45, 7) is 6.44. The van der Waals surface area contributed by atoms with Crippen LogP contribution >= 0.6 is 0 Å². The van der Waals surface area contributed by atoms with Crippen LogP contribution in [0.15, 0.2) is 42.5 Å². The summed E-state index contributed by atoms with van der Waals surface area (Å²) >= 11 is 0. The van der Waals surface area contributed by atoms with Crippen LogP contribution in [0.1, 0.15) is 66.8 Å². The van der Waals surface area contributed by atoms with Crippen molar-refractivity contribution >= 4 is 22.6 Å². The van der Waals surface area contributed by atoms with Crippen molar-refractivity contribution in [3.63, 3.8) is 0 Å². The molecule has 5 nitrogen and oxygen atoms in total. The van der Waals surface area contributed by atoms with Crippen molar-refractivity contribution in [2.24, 2.45) is 0 Å². The molecule has 0 amide bonds. The number of rotatable bonds is 5. The van der Waals surface area contributed by atoms with Crippen molar-refractivity contribution < 1.29 is 9.90 Å². The van der Waals surface area contributed by atoms with Gasteiger partial charge in [-0.15, -0.1) is 0 Å². The van der Waals surface area contributed by atoms with E-state index in [0.717, 1.165) is 31.7 Å². The van der Waals surface area contributed by atoms with E-state index in [1.807, 2.05) is 6.07 Å². The van der Waals surface area contributed by atoms with Crippen LogP contribution in [-0.4, -0.2) is 53.3 Å². The first kappa shape index (κ1) is 21.7. The molecule has 0 unspecified atom stereocenters. The third kappa shape index (κ3) is 3.80. The van der Waals surface area contributed by atoms with Gasteiger partial charge >= 0.3 is 5.97 Å². The summed E-state index contributed by atoms with van der Waals surface area (Å²) in [7, 11) is 0. The molecule has 5 heteroatoms. The molecule has 0 bridgehead atoms. The number of likely N-dealkylation sites (tertiary alicyclic amines) is 1. The summed E-state index contributed by atoms with van der Waals surface area (Å²) in [6, 6.07) is 14.7. The van der Waals surface area contributed by atoms with Gasteiger partial charge in [0.1, 0.15) is 0 Å². The minimum Gasteiger partial charge on any atom is -0.478 e. The molecule has 2 fully saturated rings. The highest BCUT2D eigenvalue weighted by Crippen LogP contribution is 2.47. The van der Waals surface area contributed by atoms with Crippen molar-refractivity contribution in [1.29, 1.82) is 0 Å². The number of fused-ring (bicyclic) bond motifs is 5. The van der Waals surface area contributed by atoms with Crippen LogP contribution in [0, 0.1) is 0 Å². The molecule has 0 radical (unpaired) electrons. The lowest BCUT2D eigenvalue weighted by Gasteiger charge is -2.31. The van der Waals surface area contributed by atoms with Gasteiger partial charge in [-0.05, 0) is 68.5 Å². The first-order valence-electron chi connectivity index (χ1n) is 13.2. The maximum Gasteiger partial charge on any atom is 0.335 e. The van der Waals surface area contributed by atoms with Gasteiger partial charge in [-0.1, -0.05) is 43.5 Å². The second-order valence-electron chi connectivity index (χ2n) is 10.3. The number of para-hydroxylation sites is 1. The molecule has 34 heavy (non-hydrogen) atoms. The number of aromatic carboxylic acids is 1. The molecule has 1 saturated carbocycles. The standard InChI is InChI=1S/C29H35N3O2/c33-29(34)22-12-13-23-26(20-22)32-19-18-31(17-16-30-14-6-1-7-15-30)25-11-5-4-10-24(25)28(32)27(23)21-8-2-3-9-21/h4-5,10-13,20-21H,1-3,6-9,14-19H2,(H,33,34). The van der Waals surface area contributed by atoms with Crippen LogP contribution in [-0.2, 0) is 6.54 Å². The second-order valence-corrected chi connectivity index (χ2v) is 10.3. The zero-order chi connectivity index (χ0) is 23.1. The number of hydrogen-bond acceptors (Lipinski definition) is 3. The number of carbonyl (C=O) groups is 1. The summed E-state index contributed by atoms with van der Waals surface area (Å²) in [5, 5.41) is 10.9. The summed E-state index contributed by atoms with van der Waals surface area (Å²) in [6.07, 6.45) is 9.05. The normalized spacial score (nSPS) is 19.2. The predicted molar refractivity (Wildman–Crippen MR) is 138 cm³/mol. The first-order valence-corrected chi connectivity index (χ1v) is 13.2. The van der Waals surface area contributed by atoms with Gasteiger partial charge in [-0.3, -0.25) is 0 Å². The molecule has 1 saturated heterocycles. The quantitative estimate of drug-likeness (QED) is 0.513. The van der Waals surface area contributed by atoms with E-state index in [4.69, 9.17) is 0 Å². The van der Waals surface area contributed by atoms with E-state index >= 15 is 0 Å². The predicted octanol–water partition coefficient (Wildman–Crippen LogP) is 5.97. The van der Waals surface area contributed by atoms with E-state index in [0.29, 0.717) is 11.5 Å². The van der Waals surface area contributed by atoms with Crippen LogP contribution in [0.4, 0.5) is 5.69 Å². The number of carboxylic acid groups (broad SMARTS) is 1. The lowest BCUT2D eigenvalue weighted by Crippen LogP contribution is -2.38. The SMILES string of the molecule is O=C(O)c1ccc2c(C3CCCC3)c3n(c2c1)CCN(CCN1CCCCC1)c1ccccc1-3. The Kier molecular flexibility index (Phi) is 5.82. The molecule has 2 aromatic carbocycles. The fourth-order valence-electron chi connectivity index (χ4n) is 6.63. The van der Waals surface area contributed by atoms with Crippen molar-refractivity contribution in [2.75, 3.05) is 37.6 Å². The highest BCUT2D eigenvalue weighted by molar-refractivity contribution is 5.99. The Labute approximate surface area is 202 Å². The van der Waals surface area contributed by atoms with Gasteiger partial charge in [0.05, 0.1) is 11.3 Å². The number of carboxylic acids is 1. The Morgan fingerprint density at radius 3 is 2.47 bits per heavy atom. The van der Waals surface area contributed by atoms with E-state index in [1.54, 1.807) is 6.07 Å². The monoisotopic (exact) mass is 457 g/mol. The molecule has 3 aromatic rings. The topological polar surface area (TPSA) is 48.7 Å². The minimum absolute atomic E-state index is 0.380. The molecule has 3 aliphatic rings. The third-order valence-electron chi connectivity index (χ3n) is 8.34. The van der Waals surface area contributed by atoms with E-state index < -0.39 is 5.97 Å². The van der Waals surface area contributed by atoms with Gasteiger partial charge in [0.2, 0.25) is 0 Å². The van der Waals surface area contributed by atoms with Gasteiger partial charge in [0, 0.05) is 48.3 Å². The summed E-state index contributed by atoms with van der Waals surface area (Å²) in [5.74, 6) is -0.292. The van der Waals surface area contributed by atoms with Crippen molar-refractivity contribution in [2.45, 2.75) is 57.4 Å². The highest BCUT2D eigenvalue weighted by atomic mass is 16.4. The molecule has 1 aliphatic carbocycles. The molecule has 1 N–H and O–H groups in total. The molecule has 178 valence electrons.